The van der Waals surface area contributed by atoms with Crippen molar-refractivity contribution < 1.29 is 17.9 Å². The summed E-state index contributed by atoms with van der Waals surface area (Å²) in [5.74, 6) is 0.534. The molecule has 0 radical (unpaired) electrons. The minimum Gasteiger partial charge on any atom is -0.379 e. The number of H-pyrrole nitrogens is 1. The number of hydrogen-bond donors (Lipinski definition) is 2. The van der Waals surface area contributed by atoms with E-state index in [4.69, 9.17) is 4.74 Å². The summed E-state index contributed by atoms with van der Waals surface area (Å²) in [6.07, 6.45) is -1.06. The molecule has 3 aromatic heterocycles. The van der Waals surface area contributed by atoms with Gasteiger partial charge in [0.1, 0.15) is 5.03 Å². The first kappa shape index (κ1) is 20.8. The molecule has 0 atom stereocenters. The number of rotatable bonds is 7. The maximum Gasteiger partial charge on any atom is 0.434 e. The van der Waals surface area contributed by atoms with Crippen LogP contribution < -0.4 is 5.32 Å². The summed E-state index contributed by atoms with van der Waals surface area (Å²) in [5, 5.41) is 3.51. The fourth-order valence-corrected chi connectivity index (χ4v) is 3.92. The SMILES string of the molecule is FC(F)(F)c1ncccc1Sc1cnc2[nH]c(NCCCN3CCOCC3)nc2n1. The Labute approximate surface area is 174 Å². The molecular formula is C18H20F3N7OS. The van der Waals surface area contributed by atoms with Gasteiger partial charge in [0.15, 0.2) is 17.0 Å². The lowest BCUT2D eigenvalue weighted by Crippen LogP contribution is -2.37. The average molecular weight is 439 g/mol. The van der Waals surface area contributed by atoms with E-state index in [9.17, 15) is 13.2 Å². The second-order valence-corrected chi connectivity index (χ2v) is 7.71. The number of nitrogens with zero attached hydrogens (tertiary/aromatic N) is 5. The molecule has 0 aromatic carbocycles. The van der Waals surface area contributed by atoms with E-state index >= 15 is 0 Å². The van der Waals surface area contributed by atoms with Crippen molar-refractivity contribution in [2.45, 2.75) is 22.5 Å². The van der Waals surface area contributed by atoms with Gasteiger partial charge >= 0.3 is 6.18 Å². The molecule has 0 saturated carbocycles. The summed E-state index contributed by atoms with van der Waals surface area (Å²) in [6.45, 7) is 5.15. The topological polar surface area (TPSA) is 91.9 Å². The Bertz CT molecular complexity index is 991. The Morgan fingerprint density at radius 3 is 2.83 bits per heavy atom. The van der Waals surface area contributed by atoms with Crippen LogP contribution in [0.4, 0.5) is 19.1 Å². The van der Waals surface area contributed by atoms with E-state index in [1.807, 2.05) is 0 Å². The van der Waals surface area contributed by atoms with Crippen LogP contribution in [0.15, 0.2) is 34.4 Å². The van der Waals surface area contributed by atoms with Gasteiger partial charge in [0, 0.05) is 30.7 Å². The summed E-state index contributed by atoms with van der Waals surface area (Å²) in [5.41, 5.74) is -0.132. The van der Waals surface area contributed by atoms with Gasteiger partial charge in [-0.05, 0) is 25.1 Å². The molecule has 1 aliphatic heterocycles. The summed E-state index contributed by atoms with van der Waals surface area (Å²) < 4.78 is 44.7. The van der Waals surface area contributed by atoms with E-state index in [-0.39, 0.29) is 4.90 Å². The van der Waals surface area contributed by atoms with Gasteiger partial charge in [-0.15, -0.1) is 0 Å². The molecule has 160 valence electrons. The lowest BCUT2D eigenvalue weighted by atomic mass is 10.3. The van der Waals surface area contributed by atoms with Gasteiger partial charge in [-0.1, -0.05) is 11.8 Å². The van der Waals surface area contributed by atoms with Crippen molar-refractivity contribution in [3.63, 3.8) is 0 Å². The van der Waals surface area contributed by atoms with Gasteiger partial charge in [-0.3, -0.25) is 9.88 Å². The molecule has 4 heterocycles. The van der Waals surface area contributed by atoms with Gasteiger partial charge in [0.25, 0.3) is 0 Å². The zero-order valence-corrected chi connectivity index (χ0v) is 16.8. The molecule has 2 N–H and O–H groups in total. The minimum absolute atomic E-state index is 0.0318. The second kappa shape index (κ2) is 9.14. The van der Waals surface area contributed by atoms with Crippen LogP contribution in [-0.4, -0.2) is 69.2 Å². The van der Waals surface area contributed by atoms with Crippen LogP contribution in [0.3, 0.4) is 0 Å². The van der Waals surface area contributed by atoms with Crippen molar-refractivity contribution in [2.24, 2.45) is 0 Å². The first-order valence-corrected chi connectivity index (χ1v) is 10.3. The number of pyridine rings is 1. The maximum atomic E-state index is 13.1. The van der Waals surface area contributed by atoms with E-state index < -0.39 is 11.9 Å². The second-order valence-electron chi connectivity index (χ2n) is 6.65. The van der Waals surface area contributed by atoms with Crippen LogP contribution in [0.1, 0.15) is 12.1 Å². The van der Waals surface area contributed by atoms with E-state index in [0.29, 0.717) is 22.3 Å². The number of fused-ring (bicyclic) bond motifs is 1. The van der Waals surface area contributed by atoms with Crippen LogP contribution in [0.2, 0.25) is 0 Å². The fourth-order valence-electron chi connectivity index (χ4n) is 3.04. The average Bonchev–Trinajstić information content (AvgIpc) is 3.14. The Morgan fingerprint density at radius 2 is 2.03 bits per heavy atom. The molecule has 0 unspecified atom stereocenters. The number of aromatic amines is 1. The summed E-state index contributed by atoms with van der Waals surface area (Å²) in [4.78, 5) is 21.7. The van der Waals surface area contributed by atoms with Gasteiger partial charge < -0.3 is 15.0 Å². The number of aromatic nitrogens is 5. The molecule has 3 aromatic rings. The van der Waals surface area contributed by atoms with Crippen molar-refractivity contribution in [1.82, 2.24) is 29.8 Å². The highest BCUT2D eigenvalue weighted by atomic mass is 32.2. The van der Waals surface area contributed by atoms with Crippen molar-refractivity contribution in [2.75, 3.05) is 44.7 Å². The molecule has 0 aliphatic carbocycles. The highest BCUT2D eigenvalue weighted by Crippen LogP contribution is 2.37. The highest BCUT2D eigenvalue weighted by molar-refractivity contribution is 7.99. The smallest absolute Gasteiger partial charge is 0.379 e. The molecule has 1 aliphatic rings. The normalized spacial score (nSPS) is 15.6. The van der Waals surface area contributed by atoms with Gasteiger partial charge in [-0.25, -0.2) is 9.97 Å². The quantitative estimate of drug-likeness (QED) is 0.543. The van der Waals surface area contributed by atoms with E-state index in [1.54, 1.807) is 0 Å². The van der Waals surface area contributed by atoms with E-state index in [0.717, 1.165) is 63.8 Å². The Kier molecular flexibility index (Phi) is 6.35. The highest BCUT2D eigenvalue weighted by Gasteiger charge is 2.35. The van der Waals surface area contributed by atoms with Gasteiger partial charge in [-0.2, -0.15) is 18.2 Å². The van der Waals surface area contributed by atoms with Crippen LogP contribution >= 0.6 is 11.8 Å². The Morgan fingerprint density at radius 1 is 1.20 bits per heavy atom. The van der Waals surface area contributed by atoms with Crippen molar-refractivity contribution >= 4 is 29.0 Å². The number of ether oxygens (including phenoxy) is 1. The van der Waals surface area contributed by atoms with Crippen LogP contribution in [0, 0.1) is 0 Å². The molecular weight excluding hydrogens is 419 g/mol. The summed E-state index contributed by atoms with van der Waals surface area (Å²) >= 11 is 0.856. The van der Waals surface area contributed by atoms with Crippen LogP contribution in [-0.2, 0) is 10.9 Å². The predicted molar refractivity (Wildman–Crippen MR) is 105 cm³/mol. The Balaban J connectivity index is 1.38. The van der Waals surface area contributed by atoms with E-state index in [1.165, 1.54) is 18.3 Å². The number of imidazole rings is 1. The zero-order chi connectivity index (χ0) is 21.0. The standard InChI is InChI=1S/C18H20F3N7OS/c19-18(20,21)14-12(3-1-4-22-14)30-13-11-24-15-16(25-13)27-17(26-15)23-5-2-6-28-7-9-29-10-8-28/h1,3-4,11H,2,5-10H2,(H2,23,24,25,26,27). The van der Waals surface area contributed by atoms with Crippen molar-refractivity contribution in [1.29, 1.82) is 0 Å². The summed E-state index contributed by atoms with van der Waals surface area (Å²) in [7, 11) is 0. The number of anilines is 1. The molecule has 8 nitrogen and oxygen atoms in total. The first-order valence-electron chi connectivity index (χ1n) is 9.46. The van der Waals surface area contributed by atoms with Gasteiger partial charge in [0.2, 0.25) is 5.95 Å². The number of morpholine rings is 1. The lowest BCUT2D eigenvalue weighted by molar-refractivity contribution is -0.143. The number of hydrogen-bond acceptors (Lipinski definition) is 8. The molecule has 0 bridgehead atoms. The molecule has 30 heavy (non-hydrogen) atoms. The third kappa shape index (κ3) is 5.18. The molecule has 12 heteroatoms. The zero-order valence-electron chi connectivity index (χ0n) is 15.9. The van der Waals surface area contributed by atoms with Crippen LogP contribution in [0.5, 0.6) is 0 Å². The van der Waals surface area contributed by atoms with Gasteiger partial charge in [0.05, 0.1) is 19.4 Å². The minimum atomic E-state index is -4.54. The monoisotopic (exact) mass is 439 g/mol. The van der Waals surface area contributed by atoms with Crippen molar-refractivity contribution in [3.05, 3.63) is 30.2 Å². The molecule has 1 saturated heterocycles. The third-order valence-electron chi connectivity index (χ3n) is 4.49. The maximum absolute atomic E-state index is 13.1. The third-order valence-corrected chi connectivity index (χ3v) is 5.44. The van der Waals surface area contributed by atoms with Crippen molar-refractivity contribution in [3.8, 4) is 0 Å². The predicted octanol–water partition coefficient (Wildman–Crippen LogP) is 3.05. The Hall–Kier alpha value is -2.44. The largest absolute Gasteiger partial charge is 0.434 e. The first-order chi connectivity index (χ1) is 14.5. The van der Waals surface area contributed by atoms with Crippen LogP contribution in [0.25, 0.3) is 11.3 Å². The lowest BCUT2D eigenvalue weighted by Gasteiger charge is -2.26. The molecule has 0 amide bonds. The summed E-state index contributed by atoms with van der Waals surface area (Å²) in [6, 6.07) is 2.81. The van der Waals surface area contributed by atoms with E-state index in [2.05, 4.69) is 35.1 Å². The molecule has 1 fully saturated rings. The molecule has 4 rings (SSSR count). The number of alkyl halides is 3. The fraction of sp³-hybridized carbons (Fsp3) is 0.444. The molecule has 0 spiro atoms. The number of halogens is 3. The number of nitrogens with one attached hydrogen (secondary N) is 2.